The summed E-state index contributed by atoms with van der Waals surface area (Å²) in [7, 11) is 1.21. The zero-order chi connectivity index (χ0) is 23.5. The topological polar surface area (TPSA) is 126 Å². The highest BCUT2D eigenvalue weighted by Gasteiger charge is 2.41. The molecule has 1 fully saturated rings. The van der Waals surface area contributed by atoms with Crippen LogP contribution in [-0.4, -0.2) is 49.6 Å². The first-order valence-electron chi connectivity index (χ1n) is 10.1. The maximum Gasteiger partial charge on any atom is 0.336 e. The van der Waals surface area contributed by atoms with Gasteiger partial charge in [0.2, 0.25) is 0 Å². The Bertz CT molecular complexity index is 991. The number of methoxy groups -OCH3 is 1. The largest absolute Gasteiger partial charge is 0.466 e. The van der Waals surface area contributed by atoms with E-state index in [0.717, 1.165) is 0 Å². The molecule has 1 aromatic carbocycles. The minimum absolute atomic E-state index is 0.00592. The Morgan fingerprint density at radius 2 is 1.75 bits per heavy atom. The first-order chi connectivity index (χ1) is 15.2. The van der Waals surface area contributed by atoms with Gasteiger partial charge in [0.05, 0.1) is 48.9 Å². The monoisotopic (exact) mass is 446 g/mol. The Morgan fingerprint density at radius 3 is 2.34 bits per heavy atom. The number of rotatable bonds is 7. The number of esters is 2. The lowest BCUT2D eigenvalue weighted by atomic mass is 9.79. The summed E-state index contributed by atoms with van der Waals surface area (Å²) < 4.78 is 21.4. The van der Waals surface area contributed by atoms with Gasteiger partial charge in [0.15, 0.2) is 5.79 Å². The second-order valence-corrected chi connectivity index (χ2v) is 7.66. The lowest BCUT2D eigenvalue weighted by Crippen LogP contribution is -2.33. The summed E-state index contributed by atoms with van der Waals surface area (Å²) in [6, 6.07) is 5.98. The van der Waals surface area contributed by atoms with Crippen LogP contribution in [0.4, 0.5) is 5.69 Å². The van der Waals surface area contributed by atoms with Crippen LogP contribution in [0.15, 0.2) is 46.8 Å². The van der Waals surface area contributed by atoms with E-state index < -0.39 is 28.6 Å². The summed E-state index contributed by atoms with van der Waals surface area (Å²) >= 11 is 0. The Hall–Kier alpha value is -3.24. The molecule has 10 nitrogen and oxygen atoms in total. The number of benzene rings is 1. The minimum atomic E-state index is -1.03. The predicted octanol–water partition coefficient (Wildman–Crippen LogP) is 2.70. The third-order valence-electron chi connectivity index (χ3n) is 5.52. The van der Waals surface area contributed by atoms with E-state index in [-0.39, 0.29) is 29.0 Å². The normalized spacial score (nSPS) is 20.1. The highest BCUT2D eigenvalue weighted by atomic mass is 16.7. The van der Waals surface area contributed by atoms with Crippen molar-refractivity contribution >= 4 is 17.6 Å². The van der Waals surface area contributed by atoms with Gasteiger partial charge in [-0.1, -0.05) is 18.2 Å². The van der Waals surface area contributed by atoms with Gasteiger partial charge in [0, 0.05) is 29.4 Å². The van der Waals surface area contributed by atoms with Gasteiger partial charge < -0.3 is 24.3 Å². The maximum absolute atomic E-state index is 13.2. The standard InChI is InChI=1S/C22H26N2O8/c1-13-17(20(25)29-4)19(15-7-5-6-8-16(15)24(27)28)18(14(2)23-13)21(26)30-10-9-22(3)31-11-12-32-22/h5-8,19,23H,9-12H2,1-4H3. The zero-order valence-corrected chi connectivity index (χ0v) is 18.4. The van der Waals surface area contributed by atoms with Gasteiger partial charge in [-0.2, -0.15) is 0 Å². The van der Waals surface area contributed by atoms with Crippen LogP contribution in [0.1, 0.15) is 38.7 Å². The van der Waals surface area contributed by atoms with E-state index in [1.54, 1.807) is 26.8 Å². The van der Waals surface area contributed by atoms with Crippen molar-refractivity contribution in [2.24, 2.45) is 0 Å². The summed E-state index contributed by atoms with van der Waals surface area (Å²) in [5.74, 6) is -3.27. The lowest BCUT2D eigenvalue weighted by molar-refractivity contribution is -0.385. The molecule has 172 valence electrons. The average Bonchev–Trinajstić information content (AvgIpc) is 3.18. The third-order valence-corrected chi connectivity index (χ3v) is 5.52. The highest BCUT2D eigenvalue weighted by molar-refractivity contribution is 6.00. The molecule has 1 N–H and O–H groups in total. The molecule has 0 bridgehead atoms. The molecule has 0 saturated carbocycles. The van der Waals surface area contributed by atoms with Crippen LogP contribution in [0.2, 0.25) is 0 Å². The van der Waals surface area contributed by atoms with E-state index in [1.165, 1.54) is 25.3 Å². The Balaban J connectivity index is 1.98. The van der Waals surface area contributed by atoms with Crippen LogP contribution in [0, 0.1) is 10.1 Å². The van der Waals surface area contributed by atoms with Crippen molar-refractivity contribution < 1.29 is 33.5 Å². The first kappa shape index (κ1) is 23.4. The summed E-state index contributed by atoms with van der Waals surface area (Å²) in [5.41, 5.74) is 1.06. The van der Waals surface area contributed by atoms with Gasteiger partial charge in [-0.3, -0.25) is 10.1 Å². The number of carbonyl (C=O) groups excluding carboxylic acids is 2. The lowest BCUT2D eigenvalue weighted by Gasteiger charge is -2.30. The van der Waals surface area contributed by atoms with Crippen LogP contribution in [-0.2, 0) is 28.5 Å². The van der Waals surface area contributed by atoms with E-state index in [2.05, 4.69) is 5.32 Å². The molecule has 2 heterocycles. The number of ether oxygens (including phenoxy) is 4. The van der Waals surface area contributed by atoms with Gasteiger partial charge in [-0.05, 0) is 20.8 Å². The molecule has 32 heavy (non-hydrogen) atoms. The number of hydrogen-bond donors (Lipinski definition) is 1. The molecule has 1 aromatic rings. The molecular formula is C22H26N2O8. The van der Waals surface area contributed by atoms with E-state index in [0.29, 0.717) is 31.0 Å². The SMILES string of the molecule is COC(=O)C1=C(C)NC(C)=C(C(=O)OCCC2(C)OCCO2)C1c1ccccc1[N+](=O)[O-]. The van der Waals surface area contributed by atoms with Crippen molar-refractivity contribution in [3.05, 3.63) is 62.5 Å². The summed E-state index contributed by atoms with van der Waals surface area (Å²) in [6.07, 6.45) is 0.313. The van der Waals surface area contributed by atoms with Gasteiger partial charge in [0.1, 0.15) is 0 Å². The number of hydrogen-bond acceptors (Lipinski definition) is 9. The molecule has 0 amide bonds. The number of carbonyl (C=O) groups is 2. The number of nitrogens with zero attached hydrogens (tertiary/aromatic N) is 1. The summed E-state index contributed by atoms with van der Waals surface area (Å²) in [4.78, 5) is 37.0. The van der Waals surface area contributed by atoms with Crippen molar-refractivity contribution in [3.8, 4) is 0 Å². The molecule has 0 aliphatic carbocycles. The van der Waals surface area contributed by atoms with Gasteiger partial charge in [-0.15, -0.1) is 0 Å². The highest BCUT2D eigenvalue weighted by Crippen LogP contribution is 2.42. The smallest absolute Gasteiger partial charge is 0.336 e. The van der Waals surface area contributed by atoms with Crippen LogP contribution in [0.3, 0.4) is 0 Å². The van der Waals surface area contributed by atoms with Crippen LogP contribution in [0.25, 0.3) is 0 Å². The number of nitro benzene ring substituents is 1. The van der Waals surface area contributed by atoms with E-state index in [4.69, 9.17) is 18.9 Å². The predicted molar refractivity (Wildman–Crippen MR) is 112 cm³/mol. The number of allylic oxidation sites excluding steroid dienone is 2. The fourth-order valence-corrected chi connectivity index (χ4v) is 3.96. The minimum Gasteiger partial charge on any atom is -0.466 e. The first-order valence-corrected chi connectivity index (χ1v) is 10.1. The molecule has 3 rings (SSSR count). The maximum atomic E-state index is 13.2. The van der Waals surface area contributed by atoms with Crippen molar-refractivity contribution in [2.75, 3.05) is 26.9 Å². The molecule has 1 unspecified atom stereocenters. The van der Waals surface area contributed by atoms with E-state index in [9.17, 15) is 19.7 Å². The molecule has 10 heteroatoms. The molecule has 2 aliphatic rings. The number of nitro groups is 1. The second-order valence-electron chi connectivity index (χ2n) is 7.66. The molecular weight excluding hydrogens is 420 g/mol. The van der Waals surface area contributed by atoms with Gasteiger partial charge >= 0.3 is 11.9 Å². The zero-order valence-electron chi connectivity index (χ0n) is 18.4. The fraction of sp³-hybridized carbons (Fsp3) is 0.455. The van der Waals surface area contributed by atoms with E-state index >= 15 is 0 Å². The van der Waals surface area contributed by atoms with Gasteiger partial charge in [0.25, 0.3) is 5.69 Å². The van der Waals surface area contributed by atoms with Crippen molar-refractivity contribution in [1.82, 2.24) is 5.32 Å². The fourth-order valence-electron chi connectivity index (χ4n) is 3.96. The van der Waals surface area contributed by atoms with Crippen LogP contribution >= 0.6 is 0 Å². The molecule has 0 radical (unpaired) electrons. The van der Waals surface area contributed by atoms with Crippen molar-refractivity contribution in [3.63, 3.8) is 0 Å². The molecule has 2 aliphatic heterocycles. The Labute approximate surface area is 185 Å². The van der Waals surface area contributed by atoms with Crippen molar-refractivity contribution in [1.29, 1.82) is 0 Å². The summed E-state index contributed by atoms with van der Waals surface area (Å²) in [6.45, 7) is 6.00. The number of nitrogens with one attached hydrogen (secondary N) is 1. The molecule has 0 aromatic heterocycles. The quantitative estimate of drug-likeness (QED) is 0.382. The van der Waals surface area contributed by atoms with Crippen molar-refractivity contribution in [2.45, 2.75) is 38.9 Å². The summed E-state index contributed by atoms with van der Waals surface area (Å²) in [5, 5.41) is 14.7. The number of dihydropyridines is 1. The van der Waals surface area contributed by atoms with Crippen LogP contribution in [0.5, 0.6) is 0 Å². The second kappa shape index (κ2) is 9.49. The average molecular weight is 446 g/mol. The number of para-hydroxylation sites is 1. The Morgan fingerprint density at radius 1 is 1.16 bits per heavy atom. The van der Waals surface area contributed by atoms with Gasteiger partial charge in [-0.25, -0.2) is 9.59 Å². The molecule has 0 spiro atoms. The Kier molecular flexibility index (Phi) is 6.95. The van der Waals surface area contributed by atoms with Crippen LogP contribution < -0.4 is 5.32 Å². The van der Waals surface area contributed by atoms with E-state index in [1.807, 2.05) is 0 Å². The molecule has 1 saturated heterocycles. The third kappa shape index (κ3) is 4.66. The molecule has 1 atom stereocenters.